The number of nitrogens with zero attached hydrogens (tertiary/aromatic N) is 2. The minimum absolute atomic E-state index is 0.0931. The van der Waals surface area contributed by atoms with Gasteiger partial charge in [-0.25, -0.2) is 9.78 Å². The van der Waals surface area contributed by atoms with Crippen molar-refractivity contribution in [3.63, 3.8) is 0 Å². The molecule has 0 radical (unpaired) electrons. The van der Waals surface area contributed by atoms with Crippen molar-refractivity contribution in [2.75, 3.05) is 5.32 Å². The van der Waals surface area contributed by atoms with Crippen LogP contribution in [0.4, 0.5) is 5.82 Å². The van der Waals surface area contributed by atoms with Crippen molar-refractivity contribution in [1.29, 1.82) is 0 Å². The Kier molecular flexibility index (Phi) is 2.81. The third-order valence-corrected chi connectivity index (χ3v) is 1.88. The fraction of sp³-hybridized carbons (Fsp3) is 0.100. The molecule has 0 unspecified atom stereocenters. The van der Waals surface area contributed by atoms with Crippen LogP contribution in [0.5, 0.6) is 0 Å². The number of hydrogen-bond donors (Lipinski definition) is 2. The Labute approximate surface area is 91.0 Å². The van der Waals surface area contributed by atoms with Gasteiger partial charge in [0, 0.05) is 0 Å². The Morgan fingerprint density at radius 1 is 1.50 bits per heavy atom. The summed E-state index contributed by atoms with van der Waals surface area (Å²) in [5, 5.41) is 11.6. The first kappa shape index (κ1) is 10.2. The Bertz CT molecular complexity index is 482. The predicted octanol–water partition coefficient (Wildman–Crippen LogP) is 1.38. The van der Waals surface area contributed by atoms with E-state index in [1.807, 2.05) is 6.07 Å². The van der Waals surface area contributed by atoms with Crippen LogP contribution < -0.4 is 5.32 Å². The summed E-state index contributed by atoms with van der Waals surface area (Å²) >= 11 is 0. The van der Waals surface area contributed by atoms with E-state index in [2.05, 4.69) is 15.3 Å². The second kappa shape index (κ2) is 4.43. The van der Waals surface area contributed by atoms with E-state index >= 15 is 0 Å². The normalized spacial score (nSPS) is 10.0. The molecule has 0 aliphatic rings. The number of aromatic carboxylic acids is 1. The van der Waals surface area contributed by atoms with Gasteiger partial charge in [-0.1, -0.05) is 0 Å². The average molecular weight is 219 g/mol. The van der Waals surface area contributed by atoms with Crippen LogP contribution in [0.25, 0.3) is 0 Å². The van der Waals surface area contributed by atoms with Crippen molar-refractivity contribution >= 4 is 11.8 Å². The van der Waals surface area contributed by atoms with Crippen molar-refractivity contribution < 1.29 is 14.3 Å². The molecule has 0 fully saturated rings. The first-order valence-corrected chi connectivity index (χ1v) is 4.57. The molecule has 16 heavy (non-hydrogen) atoms. The van der Waals surface area contributed by atoms with Crippen molar-refractivity contribution in [2.24, 2.45) is 0 Å². The number of carboxylic acids is 1. The van der Waals surface area contributed by atoms with E-state index in [0.717, 1.165) is 5.76 Å². The number of rotatable bonds is 4. The summed E-state index contributed by atoms with van der Waals surface area (Å²) in [5.41, 5.74) is -0.0931. The van der Waals surface area contributed by atoms with Crippen LogP contribution in [0, 0.1) is 0 Å². The van der Waals surface area contributed by atoms with Crippen LogP contribution in [-0.2, 0) is 6.54 Å². The topological polar surface area (TPSA) is 88.2 Å². The minimum atomic E-state index is -1.10. The lowest BCUT2D eigenvalue weighted by Gasteiger charge is -2.03. The lowest BCUT2D eigenvalue weighted by atomic mass is 10.4. The van der Waals surface area contributed by atoms with E-state index in [9.17, 15) is 4.79 Å². The van der Waals surface area contributed by atoms with Gasteiger partial charge in [0.25, 0.3) is 0 Å². The highest BCUT2D eigenvalue weighted by molar-refractivity contribution is 5.85. The van der Waals surface area contributed by atoms with Crippen LogP contribution in [0.15, 0.2) is 35.2 Å². The first-order chi connectivity index (χ1) is 7.75. The van der Waals surface area contributed by atoms with Gasteiger partial charge in [0.1, 0.15) is 11.6 Å². The number of furan rings is 1. The average Bonchev–Trinajstić information content (AvgIpc) is 2.79. The maximum atomic E-state index is 10.6. The van der Waals surface area contributed by atoms with Crippen LogP contribution >= 0.6 is 0 Å². The summed E-state index contributed by atoms with van der Waals surface area (Å²) in [6.07, 6.45) is 4.21. The van der Waals surface area contributed by atoms with Crippen LogP contribution in [0.2, 0.25) is 0 Å². The SMILES string of the molecule is O=C(O)c1cncc(NCc2ccco2)n1. The monoisotopic (exact) mass is 219 g/mol. The minimum Gasteiger partial charge on any atom is -0.476 e. The van der Waals surface area contributed by atoms with Crippen molar-refractivity contribution in [3.05, 3.63) is 42.2 Å². The molecule has 82 valence electrons. The molecule has 0 saturated heterocycles. The molecule has 0 bridgehead atoms. The van der Waals surface area contributed by atoms with E-state index in [-0.39, 0.29) is 5.69 Å². The summed E-state index contributed by atoms with van der Waals surface area (Å²) in [5.74, 6) is 0.0352. The zero-order chi connectivity index (χ0) is 11.4. The van der Waals surface area contributed by atoms with Crippen molar-refractivity contribution in [2.45, 2.75) is 6.54 Å². The lowest BCUT2D eigenvalue weighted by molar-refractivity contribution is 0.0690. The number of aromatic nitrogens is 2. The molecule has 2 heterocycles. The molecule has 6 heteroatoms. The van der Waals surface area contributed by atoms with E-state index in [1.54, 1.807) is 12.3 Å². The quantitative estimate of drug-likeness (QED) is 0.807. The molecule has 2 rings (SSSR count). The zero-order valence-corrected chi connectivity index (χ0v) is 8.25. The molecule has 0 aromatic carbocycles. The van der Waals surface area contributed by atoms with E-state index in [0.29, 0.717) is 12.4 Å². The van der Waals surface area contributed by atoms with Gasteiger partial charge in [-0.2, -0.15) is 0 Å². The number of nitrogens with one attached hydrogen (secondary N) is 1. The summed E-state index contributed by atoms with van der Waals surface area (Å²) < 4.78 is 5.11. The van der Waals surface area contributed by atoms with Gasteiger partial charge >= 0.3 is 5.97 Å². The van der Waals surface area contributed by atoms with Gasteiger partial charge in [0.05, 0.1) is 25.2 Å². The number of anilines is 1. The molecule has 0 amide bonds. The molecule has 2 aromatic rings. The van der Waals surface area contributed by atoms with Crippen molar-refractivity contribution in [1.82, 2.24) is 9.97 Å². The van der Waals surface area contributed by atoms with Crippen LogP contribution in [0.3, 0.4) is 0 Å². The molecule has 0 saturated carbocycles. The molecular formula is C10H9N3O3. The second-order valence-electron chi connectivity index (χ2n) is 3.03. The highest BCUT2D eigenvalue weighted by Gasteiger charge is 2.05. The van der Waals surface area contributed by atoms with Crippen molar-refractivity contribution in [3.8, 4) is 0 Å². The molecule has 2 aromatic heterocycles. The number of carboxylic acid groups (broad SMARTS) is 1. The van der Waals surface area contributed by atoms with E-state index in [4.69, 9.17) is 9.52 Å². The first-order valence-electron chi connectivity index (χ1n) is 4.57. The van der Waals surface area contributed by atoms with Crippen LogP contribution in [-0.4, -0.2) is 21.0 Å². The lowest BCUT2D eigenvalue weighted by Crippen LogP contribution is -2.06. The maximum Gasteiger partial charge on any atom is 0.356 e. The van der Waals surface area contributed by atoms with E-state index in [1.165, 1.54) is 12.4 Å². The van der Waals surface area contributed by atoms with Gasteiger partial charge in [-0.3, -0.25) is 4.98 Å². The summed E-state index contributed by atoms with van der Waals surface area (Å²) in [6, 6.07) is 3.58. The number of carbonyl (C=O) groups is 1. The molecule has 0 atom stereocenters. The van der Waals surface area contributed by atoms with Gasteiger partial charge in [0.2, 0.25) is 0 Å². The summed E-state index contributed by atoms with van der Waals surface area (Å²) in [7, 11) is 0. The summed E-state index contributed by atoms with van der Waals surface area (Å²) in [6.45, 7) is 0.435. The molecule has 6 nitrogen and oxygen atoms in total. The second-order valence-corrected chi connectivity index (χ2v) is 3.03. The summed E-state index contributed by atoms with van der Waals surface area (Å²) in [4.78, 5) is 18.3. The van der Waals surface area contributed by atoms with Gasteiger partial charge in [-0.05, 0) is 12.1 Å². The zero-order valence-electron chi connectivity index (χ0n) is 8.25. The fourth-order valence-electron chi connectivity index (χ4n) is 1.15. The van der Waals surface area contributed by atoms with Gasteiger partial charge < -0.3 is 14.8 Å². The smallest absolute Gasteiger partial charge is 0.356 e. The molecule has 0 aliphatic heterocycles. The third-order valence-electron chi connectivity index (χ3n) is 1.88. The molecule has 0 spiro atoms. The Morgan fingerprint density at radius 2 is 2.38 bits per heavy atom. The Morgan fingerprint density at radius 3 is 3.06 bits per heavy atom. The third kappa shape index (κ3) is 2.35. The maximum absolute atomic E-state index is 10.6. The highest BCUT2D eigenvalue weighted by atomic mass is 16.4. The predicted molar refractivity (Wildman–Crippen MR) is 55.0 cm³/mol. The largest absolute Gasteiger partial charge is 0.476 e. The van der Waals surface area contributed by atoms with Crippen LogP contribution in [0.1, 0.15) is 16.2 Å². The Hall–Kier alpha value is -2.37. The van der Waals surface area contributed by atoms with E-state index < -0.39 is 5.97 Å². The molecule has 2 N–H and O–H groups in total. The van der Waals surface area contributed by atoms with Gasteiger partial charge in [0.15, 0.2) is 5.69 Å². The number of hydrogen-bond acceptors (Lipinski definition) is 5. The molecule has 0 aliphatic carbocycles. The fourth-order valence-corrected chi connectivity index (χ4v) is 1.15. The standard InChI is InChI=1S/C10H9N3O3/c14-10(15)8-5-11-6-9(13-8)12-4-7-2-1-3-16-7/h1-3,5-6H,4H2,(H,12,13)(H,14,15). The highest BCUT2D eigenvalue weighted by Crippen LogP contribution is 2.06. The van der Waals surface area contributed by atoms with Gasteiger partial charge in [-0.15, -0.1) is 0 Å². The molecular weight excluding hydrogens is 210 g/mol. The Balaban J connectivity index is 2.04.